The van der Waals surface area contributed by atoms with E-state index in [1.807, 2.05) is 0 Å². The molecule has 1 heterocycles. The van der Waals surface area contributed by atoms with Crippen LogP contribution in [0.25, 0.3) is 0 Å². The minimum atomic E-state index is -4.76. The predicted octanol–water partition coefficient (Wildman–Crippen LogP) is 1.69. The Morgan fingerprint density at radius 3 is 2.38 bits per heavy atom. The number of hydrogen-bond donors (Lipinski definition) is 1. The summed E-state index contributed by atoms with van der Waals surface area (Å²) >= 11 is 0. The van der Waals surface area contributed by atoms with E-state index in [9.17, 15) is 13.2 Å². The molecule has 16 heavy (non-hydrogen) atoms. The molecule has 0 saturated carbocycles. The van der Waals surface area contributed by atoms with Gasteiger partial charge < -0.3 is 14.6 Å². The van der Waals surface area contributed by atoms with Crippen LogP contribution in [0.1, 0.15) is 11.7 Å². The third-order valence-corrected chi connectivity index (χ3v) is 1.91. The number of aliphatic hydroxyl groups excluding tert-OH is 1. The largest absolute Gasteiger partial charge is 0.495 e. The maximum absolute atomic E-state index is 12.3. The Bertz CT molecular complexity index is 368. The molecule has 1 rings (SSSR count). The summed E-state index contributed by atoms with van der Waals surface area (Å²) in [6, 6.07) is 0.983. The maximum Gasteiger partial charge on any atom is 0.418 e. The predicted molar refractivity (Wildman–Crippen MR) is 48.4 cm³/mol. The summed E-state index contributed by atoms with van der Waals surface area (Å²) in [6.45, 7) is 0. The van der Waals surface area contributed by atoms with Crippen molar-refractivity contribution >= 4 is 0 Å². The molecule has 4 nitrogen and oxygen atoms in total. The van der Waals surface area contributed by atoms with Crippen LogP contribution in [-0.4, -0.2) is 30.5 Å². The Kier molecular flexibility index (Phi) is 3.58. The highest BCUT2D eigenvalue weighted by Crippen LogP contribution is 2.37. The van der Waals surface area contributed by atoms with E-state index in [0.717, 1.165) is 12.3 Å². The average molecular weight is 237 g/mol. The van der Waals surface area contributed by atoms with E-state index in [-0.39, 0.29) is 11.6 Å². The molecule has 0 bridgehead atoms. The standard InChI is InChI=1S/C9H10F3NO3/c1-15-6-4-13-7(16-2)3-5(6)8(14)9(10,11)12/h3-4,8,14H,1-2H3/t8-/m1/s1. The molecule has 0 saturated heterocycles. The zero-order chi connectivity index (χ0) is 12.3. The lowest BCUT2D eigenvalue weighted by atomic mass is 10.1. The lowest BCUT2D eigenvalue weighted by Gasteiger charge is -2.17. The van der Waals surface area contributed by atoms with Gasteiger partial charge in [0.1, 0.15) is 5.75 Å². The van der Waals surface area contributed by atoms with E-state index < -0.39 is 17.8 Å². The van der Waals surface area contributed by atoms with Crippen LogP contribution in [0.15, 0.2) is 12.3 Å². The van der Waals surface area contributed by atoms with Gasteiger partial charge in [-0.15, -0.1) is 0 Å². The number of rotatable bonds is 3. The summed E-state index contributed by atoms with van der Waals surface area (Å²) in [7, 11) is 2.45. The van der Waals surface area contributed by atoms with Crippen LogP contribution in [0.3, 0.4) is 0 Å². The fourth-order valence-electron chi connectivity index (χ4n) is 1.11. The van der Waals surface area contributed by atoms with Gasteiger partial charge in [-0.25, -0.2) is 4.98 Å². The molecule has 1 atom stereocenters. The highest BCUT2D eigenvalue weighted by atomic mass is 19.4. The molecular weight excluding hydrogens is 227 g/mol. The number of nitrogens with zero attached hydrogens (tertiary/aromatic N) is 1. The van der Waals surface area contributed by atoms with E-state index in [1.54, 1.807) is 0 Å². The number of aliphatic hydroxyl groups is 1. The smallest absolute Gasteiger partial charge is 0.418 e. The zero-order valence-electron chi connectivity index (χ0n) is 8.58. The summed E-state index contributed by atoms with van der Waals surface area (Å²) in [5.74, 6) is -0.176. The van der Waals surface area contributed by atoms with E-state index >= 15 is 0 Å². The second-order valence-electron chi connectivity index (χ2n) is 2.91. The van der Waals surface area contributed by atoms with Gasteiger partial charge in [-0.1, -0.05) is 0 Å². The monoisotopic (exact) mass is 237 g/mol. The number of pyridine rings is 1. The van der Waals surface area contributed by atoms with Gasteiger partial charge in [0.15, 0.2) is 6.10 Å². The minimum absolute atomic E-state index is 0.0286. The number of hydrogen-bond acceptors (Lipinski definition) is 4. The quantitative estimate of drug-likeness (QED) is 0.869. The fraction of sp³-hybridized carbons (Fsp3) is 0.444. The Hall–Kier alpha value is -1.50. The number of aromatic nitrogens is 1. The third-order valence-electron chi connectivity index (χ3n) is 1.91. The van der Waals surface area contributed by atoms with Gasteiger partial charge in [0.05, 0.1) is 20.4 Å². The molecule has 0 amide bonds. The van der Waals surface area contributed by atoms with Crippen molar-refractivity contribution in [2.75, 3.05) is 14.2 Å². The van der Waals surface area contributed by atoms with Gasteiger partial charge in [0.2, 0.25) is 5.88 Å². The topological polar surface area (TPSA) is 51.6 Å². The molecule has 0 aliphatic heterocycles. The first-order chi connectivity index (χ1) is 7.40. The maximum atomic E-state index is 12.3. The Balaban J connectivity index is 3.18. The van der Waals surface area contributed by atoms with Crippen molar-refractivity contribution in [2.24, 2.45) is 0 Å². The highest BCUT2D eigenvalue weighted by molar-refractivity contribution is 5.37. The second-order valence-corrected chi connectivity index (χ2v) is 2.91. The van der Waals surface area contributed by atoms with Crippen LogP contribution in [0.4, 0.5) is 13.2 Å². The first-order valence-corrected chi connectivity index (χ1v) is 4.23. The summed E-state index contributed by atoms with van der Waals surface area (Å²) < 4.78 is 46.3. The number of alkyl halides is 3. The summed E-state index contributed by atoms with van der Waals surface area (Å²) in [4.78, 5) is 3.67. The molecule has 0 radical (unpaired) electrons. The normalized spacial score (nSPS) is 13.4. The molecule has 0 aliphatic carbocycles. The van der Waals surface area contributed by atoms with E-state index in [1.165, 1.54) is 14.2 Å². The fourth-order valence-corrected chi connectivity index (χ4v) is 1.11. The van der Waals surface area contributed by atoms with E-state index in [4.69, 9.17) is 5.11 Å². The Morgan fingerprint density at radius 2 is 1.94 bits per heavy atom. The summed E-state index contributed by atoms with van der Waals surface area (Å²) in [5.41, 5.74) is -0.429. The summed E-state index contributed by atoms with van der Waals surface area (Å²) in [5, 5.41) is 9.10. The van der Waals surface area contributed by atoms with Gasteiger partial charge in [-0.2, -0.15) is 13.2 Å². The van der Waals surface area contributed by atoms with Gasteiger partial charge >= 0.3 is 6.18 Å². The molecule has 1 aromatic heterocycles. The van der Waals surface area contributed by atoms with Crippen molar-refractivity contribution in [2.45, 2.75) is 12.3 Å². The molecule has 0 fully saturated rings. The number of methoxy groups -OCH3 is 2. The zero-order valence-corrected chi connectivity index (χ0v) is 8.58. The Labute approximate surface area is 89.6 Å². The van der Waals surface area contributed by atoms with Crippen molar-refractivity contribution in [1.29, 1.82) is 0 Å². The van der Waals surface area contributed by atoms with Crippen molar-refractivity contribution < 1.29 is 27.8 Å². The molecular formula is C9H10F3NO3. The third kappa shape index (κ3) is 2.54. The second kappa shape index (κ2) is 4.56. The van der Waals surface area contributed by atoms with Crippen LogP contribution in [0, 0.1) is 0 Å². The summed E-state index contributed by atoms with van der Waals surface area (Å²) in [6.07, 6.45) is -6.33. The van der Waals surface area contributed by atoms with Crippen molar-refractivity contribution in [3.63, 3.8) is 0 Å². The molecule has 90 valence electrons. The van der Waals surface area contributed by atoms with Crippen molar-refractivity contribution in [3.05, 3.63) is 17.8 Å². The first-order valence-electron chi connectivity index (χ1n) is 4.23. The molecule has 0 unspecified atom stereocenters. The van der Waals surface area contributed by atoms with E-state index in [0.29, 0.717) is 0 Å². The first kappa shape index (κ1) is 12.6. The van der Waals surface area contributed by atoms with Crippen molar-refractivity contribution in [3.8, 4) is 11.6 Å². The molecule has 0 aliphatic rings. The molecule has 1 N–H and O–H groups in total. The van der Waals surface area contributed by atoms with Gasteiger partial charge in [-0.05, 0) is 0 Å². The average Bonchev–Trinajstić information content (AvgIpc) is 2.25. The van der Waals surface area contributed by atoms with Gasteiger partial charge in [-0.3, -0.25) is 0 Å². The molecule has 0 spiro atoms. The Morgan fingerprint density at radius 1 is 1.31 bits per heavy atom. The van der Waals surface area contributed by atoms with E-state index in [2.05, 4.69) is 14.5 Å². The van der Waals surface area contributed by atoms with Crippen LogP contribution in [-0.2, 0) is 0 Å². The minimum Gasteiger partial charge on any atom is -0.495 e. The van der Waals surface area contributed by atoms with Gasteiger partial charge in [0, 0.05) is 11.6 Å². The van der Waals surface area contributed by atoms with Crippen LogP contribution in [0.2, 0.25) is 0 Å². The lowest BCUT2D eigenvalue weighted by Crippen LogP contribution is -2.21. The molecule has 1 aromatic rings. The van der Waals surface area contributed by atoms with Crippen LogP contribution < -0.4 is 9.47 Å². The van der Waals surface area contributed by atoms with Crippen LogP contribution >= 0.6 is 0 Å². The lowest BCUT2D eigenvalue weighted by molar-refractivity contribution is -0.207. The van der Waals surface area contributed by atoms with Gasteiger partial charge in [0.25, 0.3) is 0 Å². The van der Waals surface area contributed by atoms with Crippen LogP contribution in [0.5, 0.6) is 11.6 Å². The number of ether oxygens (including phenoxy) is 2. The number of halogens is 3. The molecule has 7 heteroatoms. The van der Waals surface area contributed by atoms with Crippen molar-refractivity contribution in [1.82, 2.24) is 4.98 Å². The molecule has 0 aromatic carbocycles. The highest BCUT2D eigenvalue weighted by Gasteiger charge is 2.41. The SMILES string of the molecule is COc1cc([C@@H](O)C(F)(F)F)c(OC)cn1.